The number of cyclic esters (lactones) is 1. The number of amides is 1. The maximum atomic E-state index is 12.2. The van der Waals surface area contributed by atoms with Crippen LogP contribution in [0.2, 0.25) is 0 Å². The zero-order valence-corrected chi connectivity index (χ0v) is 12.4. The molecule has 0 aliphatic carbocycles. The Labute approximate surface area is 136 Å². The van der Waals surface area contributed by atoms with Crippen molar-refractivity contribution in [3.63, 3.8) is 0 Å². The van der Waals surface area contributed by atoms with Crippen molar-refractivity contribution in [1.29, 1.82) is 0 Å². The summed E-state index contributed by atoms with van der Waals surface area (Å²) in [6.07, 6.45) is -0.662. The van der Waals surface area contributed by atoms with Crippen molar-refractivity contribution in [2.45, 2.75) is 19.1 Å². The third kappa shape index (κ3) is 3.51. The molecule has 0 bridgehead atoms. The number of carbonyl (C=O) groups excluding carboxylic acids is 2. The molecule has 0 unspecified atom stereocenters. The summed E-state index contributed by atoms with van der Waals surface area (Å²) in [4.78, 5) is 24.2. The number of alkyl halides is 2. The molecule has 2 aromatic carbocycles. The first-order chi connectivity index (χ1) is 11.5. The van der Waals surface area contributed by atoms with Gasteiger partial charge in [-0.05, 0) is 35.9 Å². The van der Waals surface area contributed by atoms with Crippen LogP contribution in [0, 0.1) is 0 Å². The molecule has 2 aromatic rings. The summed E-state index contributed by atoms with van der Waals surface area (Å²) in [6, 6.07) is 12.4. The van der Waals surface area contributed by atoms with E-state index in [-0.39, 0.29) is 12.2 Å². The summed E-state index contributed by atoms with van der Waals surface area (Å²) >= 11 is 0. The standard InChI is InChI=1S/C17H13F2NO4/c18-17(19)23-12-7-5-11(6-8-12)20-15(21)14-9-10-3-1-2-4-13(10)16(22)24-14/h1-8,14,17H,9H2,(H,20,21)/t14-/m0/s1. The molecule has 3 rings (SSSR count). The Kier molecular flexibility index (Phi) is 4.41. The molecule has 1 aliphatic heterocycles. The highest BCUT2D eigenvalue weighted by molar-refractivity contribution is 6.00. The van der Waals surface area contributed by atoms with Crippen LogP contribution in [0.4, 0.5) is 14.5 Å². The van der Waals surface area contributed by atoms with Gasteiger partial charge in [-0.25, -0.2) is 4.79 Å². The van der Waals surface area contributed by atoms with Gasteiger partial charge < -0.3 is 14.8 Å². The number of hydrogen-bond donors (Lipinski definition) is 1. The largest absolute Gasteiger partial charge is 0.448 e. The van der Waals surface area contributed by atoms with Crippen molar-refractivity contribution >= 4 is 17.6 Å². The second kappa shape index (κ2) is 6.66. The fourth-order valence-corrected chi connectivity index (χ4v) is 2.42. The van der Waals surface area contributed by atoms with E-state index < -0.39 is 24.6 Å². The van der Waals surface area contributed by atoms with Crippen molar-refractivity contribution in [2.75, 3.05) is 5.32 Å². The van der Waals surface area contributed by atoms with Gasteiger partial charge in [-0.15, -0.1) is 0 Å². The number of rotatable bonds is 4. The third-order valence-electron chi connectivity index (χ3n) is 3.53. The molecular formula is C17H13F2NO4. The van der Waals surface area contributed by atoms with Gasteiger partial charge in [0, 0.05) is 12.1 Å². The number of carbonyl (C=O) groups is 2. The van der Waals surface area contributed by atoms with Crippen LogP contribution in [0.1, 0.15) is 15.9 Å². The number of halogens is 2. The molecule has 1 amide bonds. The Hall–Kier alpha value is -2.96. The summed E-state index contributed by atoms with van der Waals surface area (Å²) in [6.45, 7) is -2.91. The summed E-state index contributed by atoms with van der Waals surface area (Å²) in [7, 11) is 0. The fourth-order valence-electron chi connectivity index (χ4n) is 2.42. The highest BCUT2D eigenvalue weighted by atomic mass is 19.3. The van der Waals surface area contributed by atoms with Crippen LogP contribution in [0.3, 0.4) is 0 Å². The normalized spacial score (nSPS) is 16.3. The van der Waals surface area contributed by atoms with Gasteiger partial charge in [0.1, 0.15) is 5.75 Å². The number of esters is 1. The molecule has 1 N–H and O–H groups in total. The zero-order valence-electron chi connectivity index (χ0n) is 12.4. The zero-order chi connectivity index (χ0) is 17.1. The van der Waals surface area contributed by atoms with Gasteiger partial charge in [-0.3, -0.25) is 4.79 Å². The SMILES string of the molecule is O=C1O[C@H](C(=O)Nc2ccc(OC(F)F)cc2)Cc2ccccc21. The van der Waals surface area contributed by atoms with Gasteiger partial charge in [-0.2, -0.15) is 8.78 Å². The van der Waals surface area contributed by atoms with Crippen molar-refractivity contribution in [3.05, 3.63) is 59.7 Å². The Morgan fingerprint density at radius 2 is 1.88 bits per heavy atom. The van der Waals surface area contributed by atoms with E-state index in [1.54, 1.807) is 24.3 Å². The van der Waals surface area contributed by atoms with E-state index in [9.17, 15) is 18.4 Å². The first kappa shape index (κ1) is 15.9. The van der Waals surface area contributed by atoms with Gasteiger partial charge in [-0.1, -0.05) is 18.2 Å². The Morgan fingerprint density at radius 1 is 1.17 bits per heavy atom. The van der Waals surface area contributed by atoms with Crippen molar-refractivity contribution in [3.8, 4) is 5.75 Å². The summed E-state index contributed by atoms with van der Waals surface area (Å²) in [5.74, 6) is -1.04. The van der Waals surface area contributed by atoms with E-state index in [1.165, 1.54) is 24.3 Å². The van der Waals surface area contributed by atoms with Crippen LogP contribution >= 0.6 is 0 Å². The van der Waals surface area contributed by atoms with Crippen LogP contribution in [0.5, 0.6) is 5.75 Å². The smallest absolute Gasteiger partial charge is 0.387 e. The molecule has 0 spiro atoms. The van der Waals surface area contributed by atoms with Crippen molar-refractivity contribution in [2.24, 2.45) is 0 Å². The van der Waals surface area contributed by atoms with Gasteiger partial charge >= 0.3 is 12.6 Å². The molecule has 1 heterocycles. The van der Waals surface area contributed by atoms with E-state index in [2.05, 4.69) is 10.1 Å². The second-order valence-corrected chi connectivity index (χ2v) is 5.15. The van der Waals surface area contributed by atoms with E-state index in [0.717, 1.165) is 5.56 Å². The predicted molar refractivity (Wildman–Crippen MR) is 81.1 cm³/mol. The van der Waals surface area contributed by atoms with E-state index in [4.69, 9.17) is 4.74 Å². The number of benzene rings is 2. The molecule has 1 atom stereocenters. The molecule has 124 valence electrons. The van der Waals surface area contributed by atoms with E-state index >= 15 is 0 Å². The lowest BCUT2D eigenvalue weighted by atomic mass is 9.98. The molecule has 1 aliphatic rings. The second-order valence-electron chi connectivity index (χ2n) is 5.15. The summed E-state index contributed by atoms with van der Waals surface area (Å²) in [5.41, 5.74) is 1.58. The maximum absolute atomic E-state index is 12.2. The molecule has 0 aromatic heterocycles. The number of hydrogen-bond acceptors (Lipinski definition) is 4. The molecule has 5 nitrogen and oxygen atoms in total. The minimum absolute atomic E-state index is 0.0129. The average Bonchev–Trinajstić information content (AvgIpc) is 2.56. The fraction of sp³-hybridized carbons (Fsp3) is 0.176. The number of ether oxygens (including phenoxy) is 2. The lowest BCUT2D eigenvalue weighted by Crippen LogP contribution is -2.37. The van der Waals surface area contributed by atoms with Crippen LogP contribution < -0.4 is 10.1 Å². The van der Waals surface area contributed by atoms with Gasteiger partial charge in [0.05, 0.1) is 5.56 Å². The Bertz CT molecular complexity index is 761. The van der Waals surface area contributed by atoms with E-state index in [0.29, 0.717) is 11.3 Å². The lowest BCUT2D eigenvalue weighted by Gasteiger charge is -2.23. The molecule has 0 radical (unpaired) electrons. The number of fused-ring (bicyclic) bond motifs is 1. The van der Waals surface area contributed by atoms with Gasteiger partial charge in [0.15, 0.2) is 6.10 Å². The Balaban J connectivity index is 1.66. The van der Waals surface area contributed by atoms with E-state index in [1.807, 2.05) is 0 Å². The highest BCUT2D eigenvalue weighted by Crippen LogP contribution is 2.22. The quantitative estimate of drug-likeness (QED) is 0.874. The van der Waals surface area contributed by atoms with Crippen LogP contribution in [0.25, 0.3) is 0 Å². The minimum atomic E-state index is -2.91. The first-order valence-electron chi connectivity index (χ1n) is 7.17. The van der Waals surface area contributed by atoms with Crippen molar-refractivity contribution in [1.82, 2.24) is 0 Å². The average molecular weight is 333 g/mol. The first-order valence-corrected chi connectivity index (χ1v) is 7.17. The molecule has 0 fully saturated rings. The van der Waals surface area contributed by atoms with Gasteiger partial charge in [0.25, 0.3) is 5.91 Å². The van der Waals surface area contributed by atoms with Gasteiger partial charge in [0.2, 0.25) is 0 Å². The molecule has 24 heavy (non-hydrogen) atoms. The lowest BCUT2D eigenvalue weighted by molar-refractivity contribution is -0.125. The van der Waals surface area contributed by atoms with Crippen LogP contribution in [-0.4, -0.2) is 24.6 Å². The van der Waals surface area contributed by atoms with Crippen LogP contribution in [0.15, 0.2) is 48.5 Å². The van der Waals surface area contributed by atoms with Crippen LogP contribution in [-0.2, 0) is 16.0 Å². The summed E-state index contributed by atoms with van der Waals surface area (Å²) in [5, 5.41) is 2.58. The summed E-state index contributed by atoms with van der Waals surface area (Å²) < 4.78 is 33.6. The Morgan fingerprint density at radius 3 is 2.58 bits per heavy atom. The maximum Gasteiger partial charge on any atom is 0.387 e. The predicted octanol–water partition coefficient (Wildman–Crippen LogP) is 3.01. The minimum Gasteiger partial charge on any atom is -0.448 e. The molecule has 7 heteroatoms. The molecule has 0 saturated carbocycles. The molecular weight excluding hydrogens is 320 g/mol. The van der Waals surface area contributed by atoms with Crippen molar-refractivity contribution < 1.29 is 27.8 Å². The third-order valence-corrected chi connectivity index (χ3v) is 3.53. The monoisotopic (exact) mass is 333 g/mol. The number of anilines is 1. The number of nitrogens with one attached hydrogen (secondary N) is 1. The molecule has 0 saturated heterocycles. The highest BCUT2D eigenvalue weighted by Gasteiger charge is 2.31. The topological polar surface area (TPSA) is 64.6 Å².